The van der Waals surface area contributed by atoms with Gasteiger partial charge in [0.15, 0.2) is 0 Å². The van der Waals surface area contributed by atoms with E-state index in [-0.39, 0.29) is 5.78 Å². The number of halogens is 2. The molecule has 0 aliphatic heterocycles. The molecule has 0 saturated heterocycles. The van der Waals surface area contributed by atoms with E-state index in [0.717, 1.165) is 5.56 Å². The first-order chi connectivity index (χ1) is 7.58. The first-order valence-electron chi connectivity index (χ1n) is 4.64. The average molecular weight is 271 g/mol. The molecule has 0 aliphatic rings. The Kier molecular flexibility index (Phi) is 3.33. The fourth-order valence-corrected chi connectivity index (χ4v) is 2.58. The third-order valence-electron chi connectivity index (χ3n) is 2.24. The fourth-order valence-electron chi connectivity index (χ4n) is 1.41. The van der Waals surface area contributed by atoms with Crippen LogP contribution in [0.1, 0.15) is 20.8 Å². The van der Waals surface area contributed by atoms with Gasteiger partial charge in [-0.2, -0.15) is 0 Å². The van der Waals surface area contributed by atoms with E-state index in [0.29, 0.717) is 19.8 Å². The van der Waals surface area contributed by atoms with Crippen molar-refractivity contribution < 1.29 is 4.79 Å². The van der Waals surface area contributed by atoms with Crippen LogP contribution in [0.15, 0.2) is 30.3 Å². The van der Waals surface area contributed by atoms with E-state index in [9.17, 15) is 4.79 Å². The largest absolute Gasteiger partial charge is 0.288 e. The molecule has 82 valence electrons. The zero-order valence-electron chi connectivity index (χ0n) is 8.46. The molecule has 0 bridgehead atoms. The summed E-state index contributed by atoms with van der Waals surface area (Å²) in [6.45, 7) is 1.89. The van der Waals surface area contributed by atoms with Crippen LogP contribution in [0.2, 0.25) is 9.36 Å². The third kappa shape index (κ3) is 2.29. The molecule has 0 radical (unpaired) electrons. The van der Waals surface area contributed by atoms with Gasteiger partial charge in [-0.05, 0) is 36.8 Å². The van der Waals surface area contributed by atoms with Gasteiger partial charge in [0.25, 0.3) is 0 Å². The van der Waals surface area contributed by atoms with Crippen LogP contribution >= 0.6 is 34.5 Å². The number of hydrogen-bond acceptors (Lipinski definition) is 2. The smallest absolute Gasteiger partial charge is 0.203 e. The molecule has 0 atom stereocenters. The monoisotopic (exact) mass is 270 g/mol. The molecule has 4 heteroatoms. The summed E-state index contributed by atoms with van der Waals surface area (Å²) in [7, 11) is 0. The lowest BCUT2D eigenvalue weighted by atomic mass is 10.0. The van der Waals surface area contributed by atoms with Crippen molar-refractivity contribution >= 4 is 40.3 Å². The molecule has 16 heavy (non-hydrogen) atoms. The molecule has 0 amide bonds. The van der Waals surface area contributed by atoms with Crippen molar-refractivity contribution in [1.29, 1.82) is 0 Å². The van der Waals surface area contributed by atoms with Gasteiger partial charge in [-0.25, -0.2) is 0 Å². The van der Waals surface area contributed by atoms with Crippen molar-refractivity contribution in [3.8, 4) is 0 Å². The summed E-state index contributed by atoms with van der Waals surface area (Å²) in [6, 6.07) is 8.75. The molecular weight excluding hydrogens is 263 g/mol. The van der Waals surface area contributed by atoms with Crippen molar-refractivity contribution in [2.45, 2.75) is 6.92 Å². The van der Waals surface area contributed by atoms with Crippen molar-refractivity contribution in [1.82, 2.24) is 0 Å². The summed E-state index contributed by atoms with van der Waals surface area (Å²) in [5.41, 5.74) is 1.55. The highest BCUT2D eigenvalue weighted by Crippen LogP contribution is 2.26. The lowest BCUT2D eigenvalue weighted by Gasteiger charge is -2.03. The first kappa shape index (κ1) is 11.6. The number of ketones is 1. The molecule has 1 heterocycles. The van der Waals surface area contributed by atoms with Gasteiger partial charge in [-0.1, -0.05) is 29.3 Å². The zero-order chi connectivity index (χ0) is 11.7. The number of carbonyl (C=O) groups excluding carboxylic acids is 1. The maximum Gasteiger partial charge on any atom is 0.203 e. The topological polar surface area (TPSA) is 17.1 Å². The summed E-state index contributed by atoms with van der Waals surface area (Å²) >= 11 is 13.0. The number of rotatable bonds is 2. The van der Waals surface area contributed by atoms with Crippen LogP contribution in [0.5, 0.6) is 0 Å². The molecule has 2 rings (SSSR count). The van der Waals surface area contributed by atoms with Gasteiger partial charge >= 0.3 is 0 Å². The number of carbonyl (C=O) groups is 1. The van der Waals surface area contributed by atoms with Gasteiger partial charge in [0.05, 0.1) is 9.21 Å². The molecule has 0 aliphatic carbocycles. The normalized spacial score (nSPS) is 10.4. The van der Waals surface area contributed by atoms with Crippen molar-refractivity contribution in [3.63, 3.8) is 0 Å². The molecule has 0 fully saturated rings. The SMILES string of the molecule is Cc1ccc(Cl)cc1C(=O)c1ccc(Cl)s1. The van der Waals surface area contributed by atoms with Crippen LogP contribution in [0.25, 0.3) is 0 Å². The Labute approximate surface area is 108 Å². The Morgan fingerprint density at radius 1 is 1.19 bits per heavy atom. The van der Waals surface area contributed by atoms with E-state index >= 15 is 0 Å². The van der Waals surface area contributed by atoms with Crippen molar-refractivity contribution in [2.75, 3.05) is 0 Å². The zero-order valence-corrected chi connectivity index (χ0v) is 10.8. The van der Waals surface area contributed by atoms with Gasteiger partial charge in [-0.3, -0.25) is 4.79 Å². The summed E-state index contributed by atoms with van der Waals surface area (Å²) in [5, 5.41) is 0.566. The maximum atomic E-state index is 12.1. The average Bonchev–Trinajstić information content (AvgIpc) is 2.67. The minimum Gasteiger partial charge on any atom is -0.288 e. The number of hydrogen-bond donors (Lipinski definition) is 0. The molecule has 1 aromatic heterocycles. The Morgan fingerprint density at radius 2 is 1.94 bits per heavy atom. The summed E-state index contributed by atoms with van der Waals surface area (Å²) in [6.07, 6.45) is 0. The van der Waals surface area contributed by atoms with E-state index < -0.39 is 0 Å². The van der Waals surface area contributed by atoms with E-state index in [4.69, 9.17) is 23.2 Å². The molecular formula is C12H8Cl2OS. The van der Waals surface area contributed by atoms with Crippen LogP contribution in [-0.4, -0.2) is 5.78 Å². The number of thiophene rings is 1. The summed E-state index contributed by atoms with van der Waals surface area (Å²) < 4.78 is 0.614. The van der Waals surface area contributed by atoms with Gasteiger partial charge in [0, 0.05) is 10.6 Å². The molecule has 0 saturated carbocycles. The minimum absolute atomic E-state index is 0.0306. The second-order valence-corrected chi connectivity index (χ2v) is 5.54. The minimum atomic E-state index is -0.0306. The van der Waals surface area contributed by atoms with E-state index in [1.807, 2.05) is 13.0 Å². The highest BCUT2D eigenvalue weighted by molar-refractivity contribution is 7.18. The Morgan fingerprint density at radius 3 is 2.56 bits per heavy atom. The second kappa shape index (κ2) is 4.58. The van der Waals surface area contributed by atoms with Gasteiger partial charge in [0.1, 0.15) is 0 Å². The maximum absolute atomic E-state index is 12.1. The summed E-state index contributed by atoms with van der Waals surface area (Å²) in [4.78, 5) is 12.8. The Hall–Kier alpha value is -0.830. The predicted octanol–water partition coefficient (Wildman–Crippen LogP) is 4.59. The van der Waals surface area contributed by atoms with Gasteiger partial charge < -0.3 is 0 Å². The highest BCUT2D eigenvalue weighted by atomic mass is 35.5. The molecule has 0 N–H and O–H groups in total. The van der Waals surface area contributed by atoms with Crippen molar-refractivity contribution in [2.24, 2.45) is 0 Å². The quantitative estimate of drug-likeness (QED) is 0.730. The second-order valence-electron chi connectivity index (χ2n) is 3.39. The van der Waals surface area contributed by atoms with E-state index in [1.165, 1.54) is 11.3 Å². The Bertz CT molecular complexity index is 546. The van der Waals surface area contributed by atoms with Crippen LogP contribution < -0.4 is 0 Å². The number of aryl methyl sites for hydroxylation is 1. The van der Waals surface area contributed by atoms with Crippen LogP contribution in [0.4, 0.5) is 0 Å². The first-order valence-corrected chi connectivity index (χ1v) is 6.21. The van der Waals surface area contributed by atoms with E-state index in [2.05, 4.69) is 0 Å². The molecule has 1 aromatic carbocycles. The molecule has 2 aromatic rings. The predicted molar refractivity (Wildman–Crippen MR) is 69.0 cm³/mol. The standard InChI is InChI=1S/C12H8Cl2OS/c1-7-2-3-8(13)6-9(7)12(15)10-4-5-11(14)16-10/h2-6H,1H3. The lowest BCUT2D eigenvalue weighted by Crippen LogP contribution is -2.01. The van der Waals surface area contributed by atoms with Gasteiger partial charge in [0.2, 0.25) is 5.78 Å². The van der Waals surface area contributed by atoms with Crippen molar-refractivity contribution in [3.05, 3.63) is 55.7 Å². The van der Waals surface area contributed by atoms with Crippen LogP contribution in [0.3, 0.4) is 0 Å². The highest BCUT2D eigenvalue weighted by Gasteiger charge is 2.14. The van der Waals surface area contributed by atoms with Crippen LogP contribution in [0, 0.1) is 6.92 Å². The lowest BCUT2D eigenvalue weighted by molar-refractivity contribution is 0.104. The van der Waals surface area contributed by atoms with Gasteiger partial charge in [-0.15, -0.1) is 11.3 Å². The Balaban J connectivity index is 2.45. The third-order valence-corrected chi connectivity index (χ3v) is 3.71. The molecule has 0 spiro atoms. The summed E-state index contributed by atoms with van der Waals surface area (Å²) in [5.74, 6) is -0.0306. The van der Waals surface area contributed by atoms with Crippen LogP contribution in [-0.2, 0) is 0 Å². The number of benzene rings is 1. The fraction of sp³-hybridized carbons (Fsp3) is 0.0833. The van der Waals surface area contributed by atoms with E-state index in [1.54, 1.807) is 24.3 Å². The molecule has 0 unspecified atom stereocenters. The molecule has 1 nitrogen and oxygen atoms in total.